The molecule has 1 heterocycles. The summed E-state index contributed by atoms with van der Waals surface area (Å²) in [5.74, 6) is 0.713. The number of halogens is 1. The lowest BCUT2D eigenvalue weighted by Gasteiger charge is -2.22. The van der Waals surface area contributed by atoms with Crippen LogP contribution >= 0.6 is 24.0 Å². The fourth-order valence-electron chi connectivity index (χ4n) is 3.12. The molecule has 1 saturated heterocycles. The summed E-state index contributed by atoms with van der Waals surface area (Å²) < 4.78 is 0. The van der Waals surface area contributed by atoms with Crippen LogP contribution in [0.5, 0.6) is 0 Å². The Morgan fingerprint density at radius 1 is 1.04 bits per heavy atom. The molecule has 1 aliphatic rings. The van der Waals surface area contributed by atoms with Crippen LogP contribution in [-0.2, 0) is 13.1 Å². The van der Waals surface area contributed by atoms with Gasteiger partial charge in [-0.05, 0) is 37.1 Å². The zero-order valence-corrected chi connectivity index (χ0v) is 17.5. The summed E-state index contributed by atoms with van der Waals surface area (Å²) in [6.45, 7) is 10.3. The third kappa shape index (κ3) is 6.59. The summed E-state index contributed by atoms with van der Waals surface area (Å²) in [6, 6.07) is 8.60. The molecule has 24 heavy (non-hydrogen) atoms. The summed E-state index contributed by atoms with van der Waals surface area (Å²) in [6.07, 6.45) is 5.09. The Morgan fingerprint density at radius 3 is 2.21 bits per heavy atom. The van der Waals surface area contributed by atoms with E-state index in [0.29, 0.717) is 12.5 Å². The van der Waals surface area contributed by atoms with Crippen molar-refractivity contribution in [2.45, 2.75) is 52.6 Å². The average Bonchev–Trinajstić information content (AvgIpc) is 2.87. The SMILES string of the molecule is CCN(CC)Cc1ccccc1CN=C(N)N1CCCCCC1.I. The van der Waals surface area contributed by atoms with Crippen LogP contribution in [0, 0.1) is 0 Å². The highest BCUT2D eigenvalue weighted by Crippen LogP contribution is 2.14. The van der Waals surface area contributed by atoms with Crippen LogP contribution in [0.3, 0.4) is 0 Å². The van der Waals surface area contributed by atoms with Gasteiger partial charge in [-0.25, -0.2) is 4.99 Å². The summed E-state index contributed by atoms with van der Waals surface area (Å²) in [7, 11) is 0. The highest BCUT2D eigenvalue weighted by molar-refractivity contribution is 14.0. The lowest BCUT2D eigenvalue weighted by Crippen LogP contribution is -2.38. The van der Waals surface area contributed by atoms with Crippen molar-refractivity contribution < 1.29 is 0 Å². The van der Waals surface area contributed by atoms with E-state index in [2.05, 4.69) is 52.9 Å². The first-order valence-corrected chi connectivity index (χ1v) is 9.08. The van der Waals surface area contributed by atoms with Crippen molar-refractivity contribution in [2.24, 2.45) is 10.7 Å². The summed E-state index contributed by atoms with van der Waals surface area (Å²) >= 11 is 0. The van der Waals surface area contributed by atoms with E-state index in [1.54, 1.807) is 0 Å². The summed E-state index contributed by atoms with van der Waals surface area (Å²) in [4.78, 5) is 9.36. The minimum Gasteiger partial charge on any atom is -0.370 e. The van der Waals surface area contributed by atoms with Gasteiger partial charge in [0.1, 0.15) is 0 Å². The molecule has 1 aliphatic heterocycles. The van der Waals surface area contributed by atoms with Gasteiger partial charge in [0.15, 0.2) is 5.96 Å². The number of aliphatic imine (C=N–C) groups is 1. The minimum absolute atomic E-state index is 0. The van der Waals surface area contributed by atoms with Gasteiger partial charge in [0.25, 0.3) is 0 Å². The van der Waals surface area contributed by atoms with Crippen molar-refractivity contribution in [3.8, 4) is 0 Å². The molecular formula is C19H33IN4. The van der Waals surface area contributed by atoms with Crippen molar-refractivity contribution in [2.75, 3.05) is 26.2 Å². The van der Waals surface area contributed by atoms with Gasteiger partial charge in [-0.1, -0.05) is 51.0 Å². The number of hydrogen-bond acceptors (Lipinski definition) is 2. The molecule has 136 valence electrons. The van der Waals surface area contributed by atoms with Crippen LogP contribution in [0.1, 0.15) is 50.7 Å². The zero-order valence-electron chi connectivity index (χ0n) is 15.2. The van der Waals surface area contributed by atoms with E-state index in [4.69, 9.17) is 5.73 Å². The largest absolute Gasteiger partial charge is 0.370 e. The molecule has 1 fully saturated rings. The highest BCUT2D eigenvalue weighted by Gasteiger charge is 2.11. The highest BCUT2D eigenvalue weighted by atomic mass is 127. The van der Waals surface area contributed by atoms with Crippen LogP contribution in [0.4, 0.5) is 0 Å². The van der Waals surface area contributed by atoms with E-state index in [9.17, 15) is 0 Å². The van der Waals surface area contributed by atoms with E-state index in [1.165, 1.54) is 36.8 Å². The van der Waals surface area contributed by atoms with E-state index in [0.717, 1.165) is 32.7 Å². The molecule has 0 aromatic heterocycles. The summed E-state index contributed by atoms with van der Waals surface area (Å²) in [5, 5.41) is 0. The van der Waals surface area contributed by atoms with Crippen molar-refractivity contribution in [1.29, 1.82) is 0 Å². The molecule has 1 aromatic carbocycles. The second-order valence-electron chi connectivity index (χ2n) is 6.31. The average molecular weight is 444 g/mol. The van der Waals surface area contributed by atoms with Crippen LogP contribution in [0.2, 0.25) is 0 Å². The third-order valence-electron chi connectivity index (χ3n) is 4.75. The van der Waals surface area contributed by atoms with Crippen molar-refractivity contribution in [1.82, 2.24) is 9.80 Å². The number of guanidine groups is 1. The molecule has 1 aromatic rings. The van der Waals surface area contributed by atoms with E-state index < -0.39 is 0 Å². The van der Waals surface area contributed by atoms with Crippen LogP contribution in [0.25, 0.3) is 0 Å². The number of nitrogens with zero attached hydrogens (tertiary/aromatic N) is 3. The topological polar surface area (TPSA) is 44.9 Å². The first-order chi connectivity index (χ1) is 11.2. The standard InChI is InChI=1S/C19H32N4.HI/c1-3-22(4-2)16-18-12-8-7-11-17(18)15-21-19(20)23-13-9-5-6-10-14-23;/h7-8,11-12H,3-6,9-10,13-16H2,1-2H3,(H2,20,21);1H. The maximum absolute atomic E-state index is 6.23. The van der Waals surface area contributed by atoms with Gasteiger partial charge in [-0.3, -0.25) is 4.90 Å². The fourth-order valence-corrected chi connectivity index (χ4v) is 3.12. The lowest BCUT2D eigenvalue weighted by atomic mass is 10.1. The smallest absolute Gasteiger partial charge is 0.191 e. The Bertz CT molecular complexity index is 492. The molecule has 5 heteroatoms. The second-order valence-corrected chi connectivity index (χ2v) is 6.31. The number of rotatable bonds is 6. The Hall–Kier alpha value is -0.820. The predicted molar refractivity (Wildman–Crippen MR) is 114 cm³/mol. The van der Waals surface area contributed by atoms with Crippen molar-refractivity contribution in [3.63, 3.8) is 0 Å². The Balaban J connectivity index is 0.00000288. The molecule has 0 saturated carbocycles. The molecule has 0 amide bonds. The molecule has 0 radical (unpaired) electrons. The van der Waals surface area contributed by atoms with Gasteiger partial charge in [0.05, 0.1) is 6.54 Å². The van der Waals surface area contributed by atoms with Gasteiger partial charge in [-0.2, -0.15) is 0 Å². The molecule has 0 aliphatic carbocycles. The molecule has 0 atom stereocenters. The van der Waals surface area contributed by atoms with Crippen LogP contribution < -0.4 is 5.73 Å². The number of likely N-dealkylation sites (tertiary alicyclic amines) is 1. The van der Waals surface area contributed by atoms with Gasteiger partial charge in [-0.15, -0.1) is 24.0 Å². The molecule has 2 N–H and O–H groups in total. The first-order valence-electron chi connectivity index (χ1n) is 9.08. The molecule has 0 bridgehead atoms. The van der Waals surface area contributed by atoms with E-state index in [-0.39, 0.29) is 24.0 Å². The molecule has 0 spiro atoms. The fraction of sp³-hybridized carbons (Fsp3) is 0.632. The van der Waals surface area contributed by atoms with E-state index >= 15 is 0 Å². The number of nitrogens with two attached hydrogens (primary N) is 1. The Kier molecular flexibility index (Phi) is 10.3. The maximum atomic E-state index is 6.23. The quantitative estimate of drug-likeness (QED) is 0.412. The Morgan fingerprint density at radius 2 is 1.62 bits per heavy atom. The zero-order chi connectivity index (χ0) is 16.5. The molecule has 0 unspecified atom stereocenters. The monoisotopic (exact) mass is 444 g/mol. The Labute approximate surface area is 164 Å². The second kappa shape index (κ2) is 11.7. The number of hydrogen-bond donors (Lipinski definition) is 1. The lowest BCUT2D eigenvalue weighted by molar-refractivity contribution is 0.295. The van der Waals surface area contributed by atoms with E-state index in [1.807, 2.05) is 0 Å². The predicted octanol–water partition coefficient (Wildman–Crippen LogP) is 3.84. The van der Waals surface area contributed by atoms with Gasteiger partial charge in [0, 0.05) is 19.6 Å². The van der Waals surface area contributed by atoms with Gasteiger partial charge < -0.3 is 10.6 Å². The molecule has 4 nitrogen and oxygen atoms in total. The van der Waals surface area contributed by atoms with Gasteiger partial charge >= 0.3 is 0 Å². The first kappa shape index (κ1) is 21.2. The summed E-state index contributed by atoms with van der Waals surface area (Å²) in [5.41, 5.74) is 8.89. The minimum atomic E-state index is 0. The normalized spacial score (nSPS) is 16.0. The van der Waals surface area contributed by atoms with Crippen molar-refractivity contribution in [3.05, 3.63) is 35.4 Å². The van der Waals surface area contributed by atoms with Crippen molar-refractivity contribution >= 4 is 29.9 Å². The maximum Gasteiger partial charge on any atom is 0.191 e. The molecular weight excluding hydrogens is 411 g/mol. The van der Waals surface area contributed by atoms with Gasteiger partial charge in [0.2, 0.25) is 0 Å². The molecule has 2 rings (SSSR count). The van der Waals surface area contributed by atoms with Crippen LogP contribution in [0.15, 0.2) is 29.3 Å². The van der Waals surface area contributed by atoms with Crippen LogP contribution in [-0.4, -0.2) is 41.9 Å². The number of benzene rings is 1. The third-order valence-corrected chi connectivity index (χ3v) is 4.75.